The molecule has 0 saturated carbocycles. The monoisotopic (exact) mass is 499 g/mol. The molecule has 0 radical (unpaired) electrons. The van der Waals surface area contributed by atoms with Crippen molar-refractivity contribution in [2.75, 3.05) is 25.3 Å². The minimum Gasteiger partial charge on any atom is -0.384 e. The highest BCUT2D eigenvalue weighted by molar-refractivity contribution is 6.10. The van der Waals surface area contributed by atoms with Crippen LogP contribution in [0.25, 0.3) is 0 Å². The molecule has 1 N–H and O–H groups in total. The number of nitrogens with one attached hydrogen (secondary N) is 1. The number of methoxy groups -OCH3 is 1. The molecular weight excluding hydrogens is 460 g/mol. The lowest BCUT2D eigenvalue weighted by molar-refractivity contribution is -0.126. The molecule has 2 unspecified atom stereocenters. The third-order valence-electron chi connectivity index (χ3n) is 7.02. The Morgan fingerprint density at radius 3 is 2.53 bits per heavy atom. The zero-order chi connectivity index (χ0) is 26.3. The average Bonchev–Trinajstić information content (AvgIpc) is 3.14. The fourth-order valence-corrected chi connectivity index (χ4v) is 5.02. The minimum absolute atomic E-state index is 0.0207. The summed E-state index contributed by atoms with van der Waals surface area (Å²) in [6.07, 6.45) is 4.14. The van der Waals surface area contributed by atoms with Gasteiger partial charge in [0, 0.05) is 31.2 Å². The summed E-state index contributed by atoms with van der Waals surface area (Å²) in [5.41, 5.74) is 0.400. The van der Waals surface area contributed by atoms with Crippen LogP contribution >= 0.6 is 0 Å². The number of anilines is 1. The number of carbonyl (C=O) groups excluding carboxylic acids is 1. The van der Waals surface area contributed by atoms with Crippen LogP contribution in [0.4, 0.5) is 14.5 Å². The molecule has 0 bridgehead atoms. The second-order valence-corrected chi connectivity index (χ2v) is 10.6. The molecule has 2 atom stereocenters. The van der Waals surface area contributed by atoms with Crippen LogP contribution in [-0.4, -0.2) is 37.4 Å². The number of ether oxygens (including phenoxy) is 1. The van der Waals surface area contributed by atoms with Crippen LogP contribution in [0.1, 0.15) is 65.4 Å². The zero-order valence-corrected chi connectivity index (χ0v) is 22.1. The number of benzene rings is 2. The largest absolute Gasteiger partial charge is 0.384 e. The SMILES string of the molecule is CCCCC1C(c2ccc(F)cc2F)=NN(c2ccccc2)C1(C)C(=O)NCCCC(C)(C)COC. The second kappa shape index (κ2) is 12.0. The summed E-state index contributed by atoms with van der Waals surface area (Å²) in [7, 11) is 1.70. The third kappa shape index (κ3) is 6.12. The molecule has 36 heavy (non-hydrogen) atoms. The number of hydrazone groups is 1. The molecule has 7 heteroatoms. The van der Waals surface area contributed by atoms with E-state index in [1.54, 1.807) is 12.1 Å². The first-order valence-electron chi connectivity index (χ1n) is 12.8. The molecule has 0 saturated heterocycles. The van der Waals surface area contributed by atoms with Gasteiger partial charge in [0.25, 0.3) is 0 Å². The molecular formula is C29H39F2N3O2. The van der Waals surface area contributed by atoms with E-state index in [0.717, 1.165) is 37.4 Å². The Kier molecular flexibility index (Phi) is 9.23. The third-order valence-corrected chi connectivity index (χ3v) is 7.02. The van der Waals surface area contributed by atoms with E-state index in [1.807, 2.05) is 37.3 Å². The summed E-state index contributed by atoms with van der Waals surface area (Å²) in [5, 5.41) is 9.68. The Morgan fingerprint density at radius 1 is 1.17 bits per heavy atom. The number of halogens is 2. The van der Waals surface area contributed by atoms with Crippen LogP contribution in [0, 0.1) is 23.0 Å². The Bertz CT molecular complexity index is 1060. The first kappa shape index (κ1) is 27.8. The lowest BCUT2D eigenvalue weighted by atomic mass is 9.76. The summed E-state index contributed by atoms with van der Waals surface area (Å²) in [5.74, 6) is -1.84. The highest BCUT2D eigenvalue weighted by Gasteiger charge is 2.53. The van der Waals surface area contributed by atoms with Gasteiger partial charge in [-0.3, -0.25) is 4.79 Å². The summed E-state index contributed by atoms with van der Waals surface area (Å²) in [4.78, 5) is 13.9. The molecule has 0 aliphatic carbocycles. The number of carbonyl (C=O) groups is 1. The van der Waals surface area contributed by atoms with Gasteiger partial charge in [0.05, 0.1) is 18.0 Å². The van der Waals surface area contributed by atoms with Crippen molar-refractivity contribution >= 4 is 17.3 Å². The topological polar surface area (TPSA) is 53.9 Å². The lowest BCUT2D eigenvalue weighted by Gasteiger charge is -2.38. The van der Waals surface area contributed by atoms with Crippen molar-refractivity contribution in [3.8, 4) is 0 Å². The standard InChI is InChI=1S/C29H39F2N3O2/c1-6-7-14-24-26(23-16-15-21(30)19-25(23)31)33-34(22-12-9-8-10-13-22)29(24,4)27(35)32-18-11-17-28(2,3)20-36-5/h8-10,12-13,15-16,19,24H,6-7,11,14,17-18,20H2,1-5H3,(H,32,35). The van der Waals surface area contributed by atoms with E-state index in [0.29, 0.717) is 25.3 Å². The predicted octanol–water partition coefficient (Wildman–Crippen LogP) is 6.32. The van der Waals surface area contributed by atoms with Crippen molar-refractivity contribution < 1.29 is 18.3 Å². The molecule has 1 aliphatic heterocycles. The van der Waals surface area contributed by atoms with Crippen molar-refractivity contribution in [1.29, 1.82) is 0 Å². The highest BCUT2D eigenvalue weighted by atomic mass is 19.1. The Labute approximate surface area is 213 Å². The van der Waals surface area contributed by atoms with Gasteiger partial charge >= 0.3 is 0 Å². The molecule has 2 aromatic carbocycles. The fourth-order valence-electron chi connectivity index (χ4n) is 5.02. The molecule has 0 aromatic heterocycles. The van der Waals surface area contributed by atoms with Gasteiger partial charge < -0.3 is 10.1 Å². The summed E-state index contributed by atoms with van der Waals surface area (Å²) in [6.45, 7) is 9.42. The summed E-state index contributed by atoms with van der Waals surface area (Å²) >= 11 is 0. The van der Waals surface area contributed by atoms with Gasteiger partial charge in [-0.05, 0) is 55.9 Å². The average molecular weight is 500 g/mol. The van der Waals surface area contributed by atoms with Gasteiger partial charge in [0.2, 0.25) is 5.91 Å². The number of rotatable bonds is 12. The Hall–Kier alpha value is -2.80. The van der Waals surface area contributed by atoms with Crippen LogP contribution in [0.15, 0.2) is 53.6 Å². The number of para-hydroxylation sites is 1. The van der Waals surface area contributed by atoms with Gasteiger partial charge in [-0.1, -0.05) is 51.8 Å². The van der Waals surface area contributed by atoms with Crippen molar-refractivity contribution in [3.05, 3.63) is 65.7 Å². The van der Waals surface area contributed by atoms with Gasteiger partial charge in [-0.25, -0.2) is 13.8 Å². The van der Waals surface area contributed by atoms with E-state index in [2.05, 4.69) is 26.1 Å². The van der Waals surface area contributed by atoms with Crippen molar-refractivity contribution in [2.24, 2.45) is 16.4 Å². The number of hydrogen-bond donors (Lipinski definition) is 1. The van der Waals surface area contributed by atoms with E-state index in [1.165, 1.54) is 12.1 Å². The van der Waals surface area contributed by atoms with Crippen LogP contribution in [0.5, 0.6) is 0 Å². The smallest absolute Gasteiger partial charge is 0.248 e. The van der Waals surface area contributed by atoms with Crippen LogP contribution in [-0.2, 0) is 9.53 Å². The van der Waals surface area contributed by atoms with Gasteiger partial charge in [-0.2, -0.15) is 5.10 Å². The van der Waals surface area contributed by atoms with E-state index >= 15 is 0 Å². The maximum atomic E-state index is 15.0. The predicted molar refractivity (Wildman–Crippen MR) is 141 cm³/mol. The van der Waals surface area contributed by atoms with E-state index < -0.39 is 17.2 Å². The Balaban J connectivity index is 1.95. The lowest BCUT2D eigenvalue weighted by Crippen LogP contribution is -2.58. The van der Waals surface area contributed by atoms with Crippen molar-refractivity contribution in [2.45, 2.75) is 65.3 Å². The number of nitrogens with zero attached hydrogens (tertiary/aromatic N) is 2. The number of amides is 1. The van der Waals surface area contributed by atoms with Crippen LogP contribution in [0.3, 0.4) is 0 Å². The molecule has 1 amide bonds. The number of hydrogen-bond acceptors (Lipinski definition) is 4. The maximum Gasteiger partial charge on any atom is 0.248 e. The first-order chi connectivity index (χ1) is 17.1. The summed E-state index contributed by atoms with van der Waals surface area (Å²) in [6, 6.07) is 13.0. The van der Waals surface area contributed by atoms with E-state index in [4.69, 9.17) is 9.84 Å². The van der Waals surface area contributed by atoms with Crippen LogP contribution < -0.4 is 10.3 Å². The van der Waals surface area contributed by atoms with E-state index in [-0.39, 0.29) is 22.8 Å². The molecule has 2 aromatic rings. The molecule has 0 fully saturated rings. The quantitative estimate of drug-likeness (QED) is 0.348. The molecule has 1 aliphatic rings. The molecule has 3 rings (SSSR count). The van der Waals surface area contributed by atoms with Crippen molar-refractivity contribution in [1.82, 2.24) is 5.32 Å². The Morgan fingerprint density at radius 2 is 1.89 bits per heavy atom. The van der Waals surface area contributed by atoms with Crippen molar-refractivity contribution in [3.63, 3.8) is 0 Å². The first-order valence-corrected chi connectivity index (χ1v) is 12.8. The molecule has 1 heterocycles. The second-order valence-electron chi connectivity index (χ2n) is 10.6. The molecule has 0 spiro atoms. The highest BCUT2D eigenvalue weighted by Crippen LogP contribution is 2.42. The normalized spacial score (nSPS) is 19.9. The zero-order valence-electron chi connectivity index (χ0n) is 22.1. The van der Waals surface area contributed by atoms with Gasteiger partial charge in [0.15, 0.2) is 0 Å². The van der Waals surface area contributed by atoms with Gasteiger partial charge in [0.1, 0.15) is 17.2 Å². The summed E-state index contributed by atoms with van der Waals surface area (Å²) < 4.78 is 34.0. The van der Waals surface area contributed by atoms with E-state index in [9.17, 15) is 13.6 Å². The minimum atomic E-state index is -1.07. The van der Waals surface area contributed by atoms with Gasteiger partial charge in [-0.15, -0.1) is 0 Å². The van der Waals surface area contributed by atoms with Crippen LogP contribution in [0.2, 0.25) is 0 Å². The molecule has 196 valence electrons. The maximum absolute atomic E-state index is 15.0. The molecule has 5 nitrogen and oxygen atoms in total. The fraction of sp³-hybridized carbons (Fsp3) is 0.517. The number of unbranched alkanes of at least 4 members (excludes halogenated alkanes) is 1.